The molecule has 0 saturated carbocycles. The lowest BCUT2D eigenvalue weighted by molar-refractivity contribution is -0.131. The molecule has 2 fully saturated rings. The number of hydrogen-bond acceptors (Lipinski definition) is 7. The fraction of sp³-hybridized carbons (Fsp3) is 0.577. The number of rotatable bonds is 9. The molecule has 2 aliphatic rings. The zero-order valence-corrected chi connectivity index (χ0v) is 21.9. The Balaban J connectivity index is 1.68. The van der Waals surface area contributed by atoms with Crippen LogP contribution in [0.5, 0.6) is 0 Å². The molecule has 12 heteroatoms. The first-order chi connectivity index (χ1) is 17.8. The first-order valence-electron chi connectivity index (χ1n) is 12.7. The smallest absolute Gasteiger partial charge is 0.447 e. The number of alkyl halides is 2. The van der Waals surface area contributed by atoms with Gasteiger partial charge in [0.25, 0.3) is 5.91 Å². The van der Waals surface area contributed by atoms with Gasteiger partial charge in [-0.2, -0.15) is 5.26 Å². The van der Waals surface area contributed by atoms with E-state index in [2.05, 4.69) is 5.32 Å². The van der Waals surface area contributed by atoms with Crippen LogP contribution in [0, 0.1) is 11.3 Å². The summed E-state index contributed by atoms with van der Waals surface area (Å²) in [5, 5.41) is 31.5. The lowest BCUT2D eigenvalue weighted by Gasteiger charge is -2.36. The van der Waals surface area contributed by atoms with Crippen LogP contribution >= 0.6 is 0 Å². The highest BCUT2D eigenvalue weighted by molar-refractivity contribution is 6.43. The maximum absolute atomic E-state index is 14.5. The monoisotopic (exact) mass is 532 g/mol. The summed E-state index contributed by atoms with van der Waals surface area (Å²) < 4.78 is 33.6. The standard InChI is InChI=1S/C26H35BF2N4O5/c1-25(2,32-10-9-20(28)15-32)12-19(14-30)23(34)33-16-21(29)13-26(33,3)17-38-24(35)31-22(27(36)37)11-18-7-5-4-6-8-18/h4-8,12,20-22,36-37H,9-11,13,15-17H2,1-3H3,(H,31,35)/t20-,21+,22+,26-/m1/s1. The van der Waals surface area contributed by atoms with Crippen molar-refractivity contribution in [3.63, 3.8) is 0 Å². The van der Waals surface area contributed by atoms with Gasteiger partial charge in [-0.1, -0.05) is 30.3 Å². The van der Waals surface area contributed by atoms with Crippen LogP contribution in [0.4, 0.5) is 13.6 Å². The molecule has 1 aromatic carbocycles. The second-order valence-electron chi connectivity index (χ2n) is 10.8. The average molecular weight is 532 g/mol. The Kier molecular flexibility index (Phi) is 9.52. The number of halogens is 2. The van der Waals surface area contributed by atoms with Gasteiger partial charge in [-0.05, 0) is 45.3 Å². The van der Waals surface area contributed by atoms with Crippen LogP contribution in [0.15, 0.2) is 42.0 Å². The predicted molar refractivity (Wildman–Crippen MR) is 137 cm³/mol. The van der Waals surface area contributed by atoms with Crippen LogP contribution in [0.1, 0.15) is 39.2 Å². The van der Waals surface area contributed by atoms with E-state index in [1.807, 2.05) is 17.0 Å². The molecule has 2 heterocycles. The number of carbonyl (C=O) groups is 2. The van der Waals surface area contributed by atoms with Gasteiger partial charge in [-0.3, -0.25) is 9.69 Å². The molecule has 0 spiro atoms. The van der Waals surface area contributed by atoms with Crippen molar-refractivity contribution in [3.05, 3.63) is 47.5 Å². The zero-order chi connectivity index (χ0) is 28.1. The third kappa shape index (κ3) is 7.31. The minimum Gasteiger partial charge on any atom is -0.447 e. The van der Waals surface area contributed by atoms with Crippen LogP contribution in [-0.2, 0) is 16.0 Å². The van der Waals surface area contributed by atoms with Gasteiger partial charge < -0.3 is 25.0 Å². The molecule has 38 heavy (non-hydrogen) atoms. The molecule has 3 N–H and O–H groups in total. The maximum atomic E-state index is 14.5. The summed E-state index contributed by atoms with van der Waals surface area (Å²) in [6.45, 7) is 5.17. The molecule has 3 rings (SSSR count). The van der Waals surface area contributed by atoms with Gasteiger partial charge in [0.2, 0.25) is 0 Å². The van der Waals surface area contributed by atoms with E-state index in [1.54, 1.807) is 45.0 Å². The summed E-state index contributed by atoms with van der Waals surface area (Å²) >= 11 is 0. The molecular formula is C26H35BF2N4O5. The Morgan fingerprint density at radius 3 is 2.55 bits per heavy atom. The van der Waals surface area contributed by atoms with Crippen molar-refractivity contribution < 1.29 is 33.2 Å². The highest BCUT2D eigenvalue weighted by Gasteiger charge is 2.47. The first-order valence-corrected chi connectivity index (χ1v) is 12.7. The average Bonchev–Trinajstić information content (AvgIpc) is 3.44. The second kappa shape index (κ2) is 12.2. The highest BCUT2D eigenvalue weighted by atomic mass is 19.1. The van der Waals surface area contributed by atoms with Crippen LogP contribution in [0.3, 0.4) is 0 Å². The van der Waals surface area contributed by atoms with E-state index >= 15 is 0 Å². The Morgan fingerprint density at radius 2 is 1.97 bits per heavy atom. The zero-order valence-electron chi connectivity index (χ0n) is 21.9. The van der Waals surface area contributed by atoms with E-state index in [0.717, 1.165) is 5.56 Å². The SMILES string of the molecule is CC(C)(C=C(C#N)C(=O)N1C[C@@H](F)C[C@]1(C)COC(=O)N[C@@H](Cc1ccccc1)B(O)O)N1CC[C@@H](F)C1. The number of amides is 2. The number of ether oxygens (including phenoxy) is 1. The summed E-state index contributed by atoms with van der Waals surface area (Å²) in [6, 6.07) is 10.8. The van der Waals surface area contributed by atoms with E-state index < -0.39 is 48.5 Å². The van der Waals surface area contributed by atoms with Crippen LogP contribution < -0.4 is 5.32 Å². The predicted octanol–water partition coefficient (Wildman–Crippen LogP) is 1.94. The Labute approximate surface area is 222 Å². The van der Waals surface area contributed by atoms with E-state index in [9.17, 15) is 33.7 Å². The molecule has 206 valence electrons. The van der Waals surface area contributed by atoms with Crippen molar-refractivity contribution in [3.8, 4) is 6.07 Å². The van der Waals surface area contributed by atoms with E-state index in [1.165, 1.54) is 11.0 Å². The van der Waals surface area contributed by atoms with Gasteiger partial charge in [0.1, 0.15) is 30.6 Å². The minimum absolute atomic E-state index is 0.111. The Hall–Kier alpha value is -3.01. The number of carbonyl (C=O) groups excluding carboxylic acids is 2. The van der Waals surface area contributed by atoms with Crippen molar-refractivity contribution in [1.82, 2.24) is 15.1 Å². The molecule has 2 amide bonds. The lowest BCUT2D eigenvalue weighted by Crippen LogP contribution is -2.52. The number of hydrogen-bond donors (Lipinski definition) is 3. The summed E-state index contributed by atoms with van der Waals surface area (Å²) in [5.74, 6) is -1.76. The van der Waals surface area contributed by atoms with Crippen LogP contribution in [0.2, 0.25) is 0 Å². The topological polar surface area (TPSA) is 126 Å². The van der Waals surface area contributed by atoms with Gasteiger partial charge in [0.15, 0.2) is 0 Å². The van der Waals surface area contributed by atoms with E-state index in [0.29, 0.717) is 13.0 Å². The summed E-state index contributed by atoms with van der Waals surface area (Å²) in [6.07, 6.45) is -1.44. The summed E-state index contributed by atoms with van der Waals surface area (Å²) in [7, 11) is -1.85. The van der Waals surface area contributed by atoms with Gasteiger partial charge in [-0.15, -0.1) is 0 Å². The third-order valence-corrected chi connectivity index (χ3v) is 7.21. The first kappa shape index (κ1) is 29.5. The van der Waals surface area contributed by atoms with Gasteiger partial charge in [-0.25, -0.2) is 13.6 Å². The quantitative estimate of drug-likeness (QED) is 0.252. The molecule has 9 nitrogen and oxygen atoms in total. The van der Waals surface area contributed by atoms with Crippen molar-refractivity contribution in [2.45, 2.75) is 69.4 Å². The molecule has 4 atom stereocenters. The fourth-order valence-corrected chi connectivity index (χ4v) is 5.02. The molecule has 0 unspecified atom stereocenters. The summed E-state index contributed by atoms with van der Waals surface area (Å²) in [4.78, 5) is 28.9. The fourth-order valence-electron chi connectivity index (χ4n) is 5.02. The van der Waals surface area contributed by atoms with Crippen LogP contribution in [-0.4, -0.2) is 94.6 Å². The number of likely N-dealkylation sites (tertiary alicyclic amines) is 2. The van der Waals surface area contributed by atoms with Gasteiger partial charge >= 0.3 is 13.2 Å². The van der Waals surface area contributed by atoms with Crippen molar-refractivity contribution in [1.29, 1.82) is 5.26 Å². The van der Waals surface area contributed by atoms with E-state index in [4.69, 9.17) is 4.74 Å². The normalized spacial score (nSPS) is 25.1. The minimum atomic E-state index is -1.85. The molecule has 0 aromatic heterocycles. The number of nitrogens with zero attached hydrogens (tertiary/aromatic N) is 3. The molecule has 0 aliphatic carbocycles. The van der Waals surface area contributed by atoms with Crippen molar-refractivity contribution in [2.24, 2.45) is 0 Å². The number of nitrogens with one attached hydrogen (secondary N) is 1. The van der Waals surface area contributed by atoms with Gasteiger partial charge in [0, 0.05) is 25.0 Å². The number of alkyl carbamates (subject to hydrolysis) is 1. The van der Waals surface area contributed by atoms with Crippen molar-refractivity contribution in [2.75, 3.05) is 26.2 Å². The second-order valence-corrected chi connectivity index (χ2v) is 10.8. The molecule has 0 bridgehead atoms. The molecule has 0 radical (unpaired) electrons. The number of nitriles is 1. The Morgan fingerprint density at radius 1 is 1.29 bits per heavy atom. The van der Waals surface area contributed by atoms with Crippen LogP contribution in [0.25, 0.3) is 0 Å². The molecular weight excluding hydrogens is 497 g/mol. The largest absolute Gasteiger partial charge is 0.475 e. The summed E-state index contributed by atoms with van der Waals surface area (Å²) in [5.41, 5.74) is -1.45. The Bertz CT molecular complexity index is 1070. The molecule has 1 aromatic rings. The van der Waals surface area contributed by atoms with E-state index in [-0.39, 0.29) is 38.1 Å². The van der Waals surface area contributed by atoms with Gasteiger partial charge in [0.05, 0.1) is 18.0 Å². The lowest BCUT2D eigenvalue weighted by atomic mass is 9.76. The van der Waals surface area contributed by atoms with Crippen molar-refractivity contribution >= 4 is 19.1 Å². The maximum Gasteiger partial charge on any atom is 0.475 e. The number of benzene rings is 1. The molecule has 2 saturated heterocycles. The third-order valence-electron chi connectivity index (χ3n) is 7.21. The highest BCUT2D eigenvalue weighted by Crippen LogP contribution is 2.33. The molecule has 2 aliphatic heterocycles.